The van der Waals surface area contributed by atoms with Crippen molar-refractivity contribution >= 4 is 17.3 Å². The molecule has 1 heterocycles. The van der Waals surface area contributed by atoms with Crippen molar-refractivity contribution in [2.45, 2.75) is 51.5 Å². The fourth-order valence-corrected chi connectivity index (χ4v) is 2.88. The number of nitrogens with zero attached hydrogens (tertiary/aromatic N) is 2. The summed E-state index contributed by atoms with van der Waals surface area (Å²) in [6.45, 7) is 2.24. The van der Waals surface area contributed by atoms with E-state index in [4.69, 9.17) is 11.6 Å². The zero-order valence-electron chi connectivity index (χ0n) is 10.3. The van der Waals surface area contributed by atoms with Crippen LogP contribution in [0.15, 0.2) is 12.3 Å². The molecule has 1 fully saturated rings. The van der Waals surface area contributed by atoms with Crippen molar-refractivity contribution < 1.29 is 0 Å². The van der Waals surface area contributed by atoms with Gasteiger partial charge in [-0.25, -0.2) is 0 Å². The van der Waals surface area contributed by atoms with Crippen LogP contribution in [0.5, 0.6) is 0 Å². The van der Waals surface area contributed by atoms with Gasteiger partial charge in [-0.1, -0.05) is 37.8 Å². The highest BCUT2D eigenvalue weighted by Crippen LogP contribution is 2.29. The molecule has 1 unspecified atom stereocenters. The van der Waals surface area contributed by atoms with Crippen LogP contribution in [-0.4, -0.2) is 16.2 Å². The topological polar surface area (TPSA) is 37.8 Å². The molecule has 1 N–H and O–H groups in total. The van der Waals surface area contributed by atoms with Gasteiger partial charge in [0.2, 0.25) is 0 Å². The van der Waals surface area contributed by atoms with Crippen molar-refractivity contribution in [1.82, 2.24) is 10.2 Å². The summed E-state index contributed by atoms with van der Waals surface area (Å²) in [6.07, 6.45) is 9.73. The van der Waals surface area contributed by atoms with Crippen molar-refractivity contribution in [2.24, 2.45) is 5.92 Å². The maximum Gasteiger partial charge on any atom is 0.153 e. The second kappa shape index (κ2) is 6.20. The van der Waals surface area contributed by atoms with E-state index in [1.807, 2.05) is 6.07 Å². The third-order valence-electron chi connectivity index (χ3n) is 3.64. The average Bonchev–Trinajstić information content (AvgIpc) is 2.37. The van der Waals surface area contributed by atoms with E-state index in [9.17, 15) is 0 Å². The van der Waals surface area contributed by atoms with Crippen LogP contribution in [0.3, 0.4) is 0 Å². The number of aromatic nitrogens is 2. The smallest absolute Gasteiger partial charge is 0.153 e. The molecule has 1 aromatic heterocycles. The van der Waals surface area contributed by atoms with Gasteiger partial charge in [0.05, 0.1) is 11.9 Å². The van der Waals surface area contributed by atoms with Gasteiger partial charge < -0.3 is 5.32 Å². The quantitative estimate of drug-likeness (QED) is 0.884. The molecule has 0 saturated heterocycles. The van der Waals surface area contributed by atoms with Gasteiger partial charge in [-0.3, -0.25) is 0 Å². The Morgan fingerprint density at radius 2 is 2.18 bits per heavy atom. The highest BCUT2D eigenvalue weighted by Gasteiger charge is 2.22. The zero-order valence-corrected chi connectivity index (χ0v) is 11.1. The molecule has 4 heteroatoms. The Morgan fingerprint density at radius 1 is 1.41 bits per heavy atom. The second-order valence-corrected chi connectivity index (χ2v) is 5.21. The van der Waals surface area contributed by atoms with Gasteiger partial charge in [0, 0.05) is 12.1 Å². The number of halogens is 1. The highest BCUT2D eigenvalue weighted by atomic mass is 35.5. The minimum absolute atomic E-state index is 0.452. The van der Waals surface area contributed by atoms with Crippen molar-refractivity contribution in [3.05, 3.63) is 17.4 Å². The van der Waals surface area contributed by atoms with Gasteiger partial charge in [-0.2, -0.15) is 5.10 Å². The van der Waals surface area contributed by atoms with Crippen LogP contribution < -0.4 is 5.32 Å². The van der Waals surface area contributed by atoms with E-state index < -0.39 is 0 Å². The zero-order chi connectivity index (χ0) is 12.1. The predicted octanol–water partition coefficient (Wildman–Crippen LogP) is 3.90. The summed E-state index contributed by atoms with van der Waals surface area (Å²) in [7, 11) is 0. The summed E-state index contributed by atoms with van der Waals surface area (Å²) >= 11 is 5.84. The largest absolute Gasteiger partial charge is 0.381 e. The van der Waals surface area contributed by atoms with Gasteiger partial charge in [0.1, 0.15) is 0 Å². The maximum absolute atomic E-state index is 5.84. The van der Waals surface area contributed by atoms with Crippen LogP contribution in [0.4, 0.5) is 5.69 Å². The van der Waals surface area contributed by atoms with Crippen molar-refractivity contribution in [2.75, 3.05) is 5.32 Å². The summed E-state index contributed by atoms with van der Waals surface area (Å²) in [5.41, 5.74) is 0.988. The van der Waals surface area contributed by atoms with E-state index in [0.29, 0.717) is 11.2 Å². The minimum atomic E-state index is 0.452. The number of rotatable bonds is 4. The fraction of sp³-hybridized carbons (Fsp3) is 0.692. The molecule has 1 saturated carbocycles. The van der Waals surface area contributed by atoms with Gasteiger partial charge >= 0.3 is 0 Å². The van der Waals surface area contributed by atoms with Crippen LogP contribution in [-0.2, 0) is 0 Å². The van der Waals surface area contributed by atoms with Crippen LogP contribution in [0.25, 0.3) is 0 Å². The van der Waals surface area contributed by atoms with E-state index >= 15 is 0 Å². The summed E-state index contributed by atoms with van der Waals surface area (Å²) < 4.78 is 0. The molecule has 17 heavy (non-hydrogen) atoms. The van der Waals surface area contributed by atoms with Gasteiger partial charge in [0.25, 0.3) is 0 Å². The lowest BCUT2D eigenvalue weighted by Crippen LogP contribution is -2.30. The van der Waals surface area contributed by atoms with Crippen molar-refractivity contribution in [3.8, 4) is 0 Å². The molecule has 0 spiro atoms. The lowest BCUT2D eigenvalue weighted by Gasteiger charge is -2.30. The molecule has 1 aromatic rings. The van der Waals surface area contributed by atoms with E-state index in [0.717, 1.165) is 18.0 Å². The van der Waals surface area contributed by atoms with E-state index in [1.165, 1.54) is 32.1 Å². The molecule has 94 valence electrons. The molecule has 0 aliphatic heterocycles. The number of hydrogen-bond donors (Lipinski definition) is 1. The van der Waals surface area contributed by atoms with Gasteiger partial charge in [0.15, 0.2) is 5.15 Å². The van der Waals surface area contributed by atoms with Crippen LogP contribution in [0.2, 0.25) is 5.15 Å². The Bertz CT molecular complexity index is 350. The Morgan fingerprint density at radius 3 is 2.82 bits per heavy atom. The third-order valence-corrected chi connectivity index (χ3v) is 3.82. The lowest BCUT2D eigenvalue weighted by atomic mass is 9.83. The summed E-state index contributed by atoms with van der Waals surface area (Å²) in [4.78, 5) is 0. The molecule has 1 aliphatic rings. The van der Waals surface area contributed by atoms with Crippen LogP contribution >= 0.6 is 11.6 Å². The average molecular weight is 254 g/mol. The first-order valence-electron chi connectivity index (χ1n) is 6.54. The fourth-order valence-electron chi connectivity index (χ4n) is 2.72. The van der Waals surface area contributed by atoms with Crippen molar-refractivity contribution in [3.63, 3.8) is 0 Å². The summed E-state index contributed by atoms with van der Waals surface area (Å²) in [5, 5.41) is 11.6. The molecular formula is C13H20ClN3. The minimum Gasteiger partial charge on any atom is -0.381 e. The standard InChI is InChI=1S/C13H20ClN3/c1-2-12(10-6-4-3-5-7-10)16-11-8-13(14)17-15-9-11/h8-10,12H,2-7H2,1H3,(H,16,17). The molecule has 3 nitrogen and oxygen atoms in total. The first kappa shape index (κ1) is 12.6. The first-order valence-corrected chi connectivity index (χ1v) is 6.92. The number of hydrogen-bond acceptors (Lipinski definition) is 3. The molecule has 0 radical (unpaired) electrons. The Labute approximate surface area is 108 Å². The summed E-state index contributed by atoms with van der Waals surface area (Å²) in [5.74, 6) is 0.792. The predicted molar refractivity (Wildman–Crippen MR) is 71.3 cm³/mol. The molecule has 1 aliphatic carbocycles. The van der Waals surface area contributed by atoms with E-state index in [1.54, 1.807) is 6.20 Å². The Kier molecular flexibility index (Phi) is 4.60. The third kappa shape index (κ3) is 3.56. The molecular weight excluding hydrogens is 234 g/mol. The van der Waals surface area contributed by atoms with Gasteiger partial charge in [-0.05, 0) is 25.2 Å². The molecule has 0 aromatic carbocycles. The number of nitrogens with one attached hydrogen (secondary N) is 1. The SMILES string of the molecule is CCC(Nc1cnnc(Cl)c1)C1CCCCC1. The molecule has 0 amide bonds. The van der Waals surface area contributed by atoms with Crippen LogP contribution in [0, 0.1) is 5.92 Å². The van der Waals surface area contributed by atoms with Crippen LogP contribution in [0.1, 0.15) is 45.4 Å². The van der Waals surface area contributed by atoms with Crippen molar-refractivity contribution in [1.29, 1.82) is 0 Å². The molecule has 1 atom stereocenters. The lowest BCUT2D eigenvalue weighted by molar-refractivity contribution is 0.313. The monoisotopic (exact) mass is 253 g/mol. The Hall–Kier alpha value is -0.830. The molecule has 0 bridgehead atoms. The Balaban J connectivity index is 1.98. The summed E-state index contributed by atoms with van der Waals surface area (Å²) in [6, 6.07) is 2.38. The van der Waals surface area contributed by atoms with E-state index in [-0.39, 0.29) is 0 Å². The normalized spacial score (nSPS) is 18.9. The number of anilines is 1. The van der Waals surface area contributed by atoms with Gasteiger partial charge in [-0.15, -0.1) is 5.10 Å². The molecule has 2 rings (SSSR count). The maximum atomic E-state index is 5.84. The first-order chi connectivity index (χ1) is 8.29. The second-order valence-electron chi connectivity index (χ2n) is 4.82. The highest BCUT2D eigenvalue weighted by molar-refractivity contribution is 6.29. The van der Waals surface area contributed by atoms with E-state index in [2.05, 4.69) is 22.4 Å².